The predicted molar refractivity (Wildman–Crippen MR) is 178 cm³/mol. The van der Waals surface area contributed by atoms with Crippen LogP contribution in [-0.2, 0) is 43.9 Å². The number of fused-ring (bicyclic) bond motifs is 4. The third-order valence-electron chi connectivity index (χ3n) is 10.9. The standard InChI is InChI=1S/C37H23BrF12N2O6/c1-58-25-5-13(4-24(38)29(25)53)26-20-2-3-21-27(32(56)51(30(21)54)18-8-14(34(39,40)41)6-15(9-18)35(42,43)44)22(20)12-23-28(26)33(57)52(31(23)55)19-10-16(36(45,46)47)7-17(11-19)37(48,49)50/h2,4-11,21-23,26-28,53H,3,12H2,1H3. The lowest BCUT2D eigenvalue weighted by atomic mass is 9.57. The summed E-state index contributed by atoms with van der Waals surface area (Å²) in [5.74, 6) is -14.4. The Morgan fingerprint density at radius 3 is 1.47 bits per heavy atom. The fourth-order valence-corrected chi connectivity index (χ4v) is 9.00. The Morgan fingerprint density at radius 2 is 1.03 bits per heavy atom. The SMILES string of the molecule is COc1cc(C2C3=CCC4C(=O)N(c5cc(C(F)(F)F)cc(C(F)(F)F)c5)C(=O)C4C3CC3C(=O)N(c4cc(C(F)(F)F)cc(C(F)(F)F)c4)C(=O)C32)cc(Br)c1O. The number of carbonyl (C=O) groups excluding carboxylic acids is 4. The van der Waals surface area contributed by atoms with Crippen molar-refractivity contribution in [1.29, 1.82) is 0 Å². The topological polar surface area (TPSA) is 104 Å². The number of phenols is 1. The van der Waals surface area contributed by atoms with E-state index >= 15 is 0 Å². The van der Waals surface area contributed by atoms with Gasteiger partial charge in [-0.3, -0.25) is 19.2 Å². The molecular formula is C37H23BrF12N2O6. The first-order chi connectivity index (χ1) is 26.7. The fourth-order valence-electron chi connectivity index (χ4n) is 8.54. The highest BCUT2D eigenvalue weighted by molar-refractivity contribution is 9.10. The molecule has 1 N–H and O–H groups in total. The number of phenolic OH excluding ortho intramolecular Hbond substituents is 1. The second kappa shape index (κ2) is 13.5. The number of alkyl halides is 12. The second-order valence-corrected chi connectivity index (χ2v) is 15.0. The molecule has 7 rings (SSSR count). The van der Waals surface area contributed by atoms with Crippen LogP contribution in [-0.4, -0.2) is 35.8 Å². The van der Waals surface area contributed by atoms with Gasteiger partial charge in [0.15, 0.2) is 11.5 Å². The van der Waals surface area contributed by atoms with E-state index in [1.165, 1.54) is 18.2 Å². The summed E-state index contributed by atoms with van der Waals surface area (Å²) in [5.41, 5.74) is -9.21. The van der Waals surface area contributed by atoms with Gasteiger partial charge >= 0.3 is 24.7 Å². The number of nitrogens with zero attached hydrogens (tertiary/aromatic N) is 2. The zero-order valence-electron chi connectivity index (χ0n) is 28.9. The number of carbonyl (C=O) groups is 4. The number of amides is 4. The third kappa shape index (κ3) is 6.67. The molecule has 0 spiro atoms. The number of methoxy groups -OCH3 is 1. The molecule has 2 aliphatic heterocycles. The Balaban J connectivity index is 1.37. The van der Waals surface area contributed by atoms with Crippen LogP contribution in [0, 0.1) is 29.6 Å². The molecule has 21 heteroatoms. The summed E-state index contributed by atoms with van der Waals surface area (Å²) in [5, 5.41) is 10.5. The van der Waals surface area contributed by atoms with Crippen molar-refractivity contribution in [2.75, 3.05) is 16.9 Å². The number of imide groups is 2. The number of benzene rings is 3. The molecule has 1 saturated carbocycles. The molecule has 3 aromatic rings. The summed E-state index contributed by atoms with van der Waals surface area (Å²) >= 11 is 3.14. The van der Waals surface area contributed by atoms with Gasteiger partial charge in [0.2, 0.25) is 23.6 Å². The van der Waals surface area contributed by atoms with E-state index in [1.54, 1.807) is 0 Å². The van der Waals surface area contributed by atoms with Crippen LogP contribution in [0.3, 0.4) is 0 Å². The summed E-state index contributed by atoms with van der Waals surface area (Å²) in [7, 11) is 1.15. The molecule has 4 aliphatic rings. The Kier molecular flexibility index (Phi) is 9.55. The quantitative estimate of drug-likeness (QED) is 0.159. The largest absolute Gasteiger partial charge is 0.503 e. The van der Waals surface area contributed by atoms with Crippen molar-refractivity contribution in [3.05, 3.63) is 92.5 Å². The molecule has 0 radical (unpaired) electrons. The highest BCUT2D eigenvalue weighted by Crippen LogP contribution is 2.60. The normalized spacial score (nSPS) is 25.2. The van der Waals surface area contributed by atoms with Crippen LogP contribution >= 0.6 is 15.9 Å². The average molecular weight is 899 g/mol. The van der Waals surface area contributed by atoms with Gasteiger partial charge in [0.05, 0.1) is 68.9 Å². The van der Waals surface area contributed by atoms with E-state index in [4.69, 9.17) is 4.74 Å². The lowest BCUT2D eigenvalue weighted by molar-refractivity contribution is -0.144. The molecule has 6 atom stereocenters. The smallest absolute Gasteiger partial charge is 0.416 e. The first-order valence-corrected chi connectivity index (χ1v) is 17.6. The van der Waals surface area contributed by atoms with Gasteiger partial charge in [-0.25, -0.2) is 9.80 Å². The molecule has 2 aliphatic carbocycles. The molecule has 308 valence electrons. The minimum Gasteiger partial charge on any atom is -0.503 e. The molecule has 0 aromatic heterocycles. The zero-order chi connectivity index (χ0) is 42.8. The minimum atomic E-state index is -5.37. The minimum absolute atomic E-state index is 0.0422. The van der Waals surface area contributed by atoms with Crippen molar-refractivity contribution in [3.63, 3.8) is 0 Å². The highest BCUT2D eigenvalue weighted by Gasteiger charge is 2.63. The molecule has 6 unspecified atom stereocenters. The van der Waals surface area contributed by atoms with Crippen LogP contribution in [0.25, 0.3) is 0 Å². The molecule has 2 heterocycles. The molecular weight excluding hydrogens is 876 g/mol. The summed E-state index contributed by atoms with van der Waals surface area (Å²) in [6.07, 6.45) is -21.0. The Hall–Kier alpha value is -5.08. The van der Waals surface area contributed by atoms with Crippen LogP contribution in [0.5, 0.6) is 11.5 Å². The van der Waals surface area contributed by atoms with E-state index in [0.29, 0.717) is 0 Å². The molecule has 58 heavy (non-hydrogen) atoms. The number of anilines is 2. The van der Waals surface area contributed by atoms with Gasteiger partial charge < -0.3 is 9.84 Å². The average Bonchev–Trinajstić information content (AvgIpc) is 3.53. The van der Waals surface area contributed by atoms with Gasteiger partial charge in [0.1, 0.15) is 0 Å². The van der Waals surface area contributed by atoms with Crippen LogP contribution in [0.15, 0.2) is 64.7 Å². The van der Waals surface area contributed by atoms with E-state index in [1.807, 2.05) is 0 Å². The maximum Gasteiger partial charge on any atom is 0.416 e. The zero-order valence-corrected chi connectivity index (χ0v) is 30.5. The number of allylic oxidation sites excluding steroid dienone is 2. The fraction of sp³-hybridized carbons (Fsp3) is 0.351. The van der Waals surface area contributed by atoms with Gasteiger partial charge in [-0.05, 0) is 88.8 Å². The number of hydrogen-bond donors (Lipinski definition) is 1. The Labute approximate surface area is 326 Å². The third-order valence-corrected chi connectivity index (χ3v) is 11.5. The Bertz CT molecular complexity index is 2250. The lowest BCUT2D eigenvalue weighted by Gasteiger charge is -2.44. The number of rotatable bonds is 4. The maximum atomic E-state index is 14.4. The van der Waals surface area contributed by atoms with Gasteiger partial charge in [-0.1, -0.05) is 11.6 Å². The van der Waals surface area contributed by atoms with Crippen molar-refractivity contribution < 1.29 is 81.7 Å². The predicted octanol–water partition coefficient (Wildman–Crippen LogP) is 9.28. The van der Waals surface area contributed by atoms with Crippen molar-refractivity contribution in [1.82, 2.24) is 0 Å². The number of ether oxygens (including phenoxy) is 1. The van der Waals surface area contributed by atoms with Crippen molar-refractivity contribution in [3.8, 4) is 11.5 Å². The van der Waals surface area contributed by atoms with E-state index < -0.39 is 130 Å². The highest BCUT2D eigenvalue weighted by atomic mass is 79.9. The first kappa shape index (κ1) is 41.1. The van der Waals surface area contributed by atoms with Gasteiger partial charge in [0, 0.05) is 5.92 Å². The summed E-state index contributed by atoms with van der Waals surface area (Å²) in [6, 6.07) is 2.84. The number of halogens is 13. The van der Waals surface area contributed by atoms with Crippen molar-refractivity contribution in [2.24, 2.45) is 29.6 Å². The van der Waals surface area contributed by atoms with E-state index in [0.717, 1.165) is 7.11 Å². The first-order valence-electron chi connectivity index (χ1n) is 16.8. The summed E-state index contributed by atoms with van der Waals surface area (Å²) in [4.78, 5) is 57.0. The van der Waals surface area contributed by atoms with Gasteiger partial charge in [0.25, 0.3) is 0 Å². The van der Waals surface area contributed by atoms with Crippen LogP contribution in [0.2, 0.25) is 0 Å². The number of aromatic hydroxyl groups is 1. The lowest BCUT2D eigenvalue weighted by Crippen LogP contribution is -2.43. The summed E-state index contributed by atoms with van der Waals surface area (Å²) in [6.45, 7) is 0. The molecule has 4 amide bonds. The molecule has 2 saturated heterocycles. The Morgan fingerprint density at radius 1 is 0.603 bits per heavy atom. The van der Waals surface area contributed by atoms with Crippen LogP contribution < -0.4 is 14.5 Å². The molecule has 8 nitrogen and oxygen atoms in total. The monoisotopic (exact) mass is 898 g/mol. The second-order valence-electron chi connectivity index (χ2n) is 14.1. The van der Waals surface area contributed by atoms with Crippen molar-refractivity contribution in [2.45, 2.75) is 43.5 Å². The van der Waals surface area contributed by atoms with Gasteiger partial charge in [-0.15, -0.1) is 0 Å². The maximum absolute atomic E-state index is 14.4. The number of hydrogen-bond acceptors (Lipinski definition) is 6. The molecule has 3 fully saturated rings. The molecule has 3 aromatic carbocycles. The van der Waals surface area contributed by atoms with Gasteiger partial charge in [-0.2, -0.15) is 52.7 Å². The van der Waals surface area contributed by atoms with E-state index in [-0.39, 0.29) is 74.0 Å². The molecule has 0 bridgehead atoms. The van der Waals surface area contributed by atoms with E-state index in [2.05, 4.69) is 15.9 Å². The van der Waals surface area contributed by atoms with Crippen molar-refractivity contribution >= 4 is 50.9 Å². The summed E-state index contributed by atoms with van der Waals surface area (Å²) < 4.78 is 171. The van der Waals surface area contributed by atoms with Crippen LogP contribution in [0.1, 0.15) is 46.6 Å². The van der Waals surface area contributed by atoms with E-state index in [9.17, 15) is 77.0 Å². The van der Waals surface area contributed by atoms with Crippen LogP contribution in [0.4, 0.5) is 64.1 Å².